The first-order valence-corrected chi connectivity index (χ1v) is 16.4. The minimum atomic E-state index is -0.858. The number of aromatic nitrogens is 7. The van der Waals surface area contributed by atoms with Crippen molar-refractivity contribution in [2.75, 3.05) is 0 Å². The maximum absolute atomic E-state index is 15.7. The van der Waals surface area contributed by atoms with Gasteiger partial charge in [-0.05, 0) is 61.6 Å². The zero-order valence-corrected chi connectivity index (χ0v) is 27.6. The summed E-state index contributed by atoms with van der Waals surface area (Å²) in [6.45, 7) is 6.55. The molecule has 3 aromatic heterocycles. The molecule has 7 rings (SSSR count). The van der Waals surface area contributed by atoms with E-state index in [0.29, 0.717) is 29.7 Å². The van der Waals surface area contributed by atoms with E-state index in [2.05, 4.69) is 46.3 Å². The monoisotopic (exact) mass is 665 g/mol. The van der Waals surface area contributed by atoms with Crippen LogP contribution in [0.25, 0.3) is 22.3 Å². The molecule has 0 aliphatic carbocycles. The molecule has 0 saturated heterocycles. The lowest BCUT2D eigenvalue weighted by atomic mass is 9.75. The summed E-state index contributed by atoms with van der Waals surface area (Å²) in [6, 6.07) is 15.3. The average Bonchev–Trinajstić information content (AvgIpc) is 3.86. The summed E-state index contributed by atoms with van der Waals surface area (Å²) in [5, 5.41) is 26.5. The molecule has 1 aliphatic heterocycles. The number of carbonyl (C=O) groups is 1. The van der Waals surface area contributed by atoms with E-state index in [9.17, 15) is 9.90 Å². The molecule has 4 heterocycles. The molecule has 1 aliphatic rings. The summed E-state index contributed by atoms with van der Waals surface area (Å²) in [6.07, 6.45) is 7.29. The Morgan fingerprint density at radius 2 is 1.88 bits per heavy atom. The minimum Gasteiger partial charge on any atom is -0.481 e. The Morgan fingerprint density at radius 3 is 2.71 bits per heavy atom. The minimum absolute atomic E-state index is 0.00455. The first-order valence-electron chi connectivity index (χ1n) is 16.4. The lowest BCUT2D eigenvalue weighted by Crippen LogP contribution is -2.26. The number of halogens is 2. The molecule has 0 radical (unpaired) electrons. The Morgan fingerprint density at radius 1 is 1.04 bits per heavy atom. The molecule has 12 heteroatoms. The number of ether oxygens (including phenoxy) is 1. The van der Waals surface area contributed by atoms with Crippen LogP contribution in [0.4, 0.5) is 8.78 Å². The van der Waals surface area contributed by atoms with Gasteiger partial charge in [-0.1, -0.05) is 56.2 Å². The van der Waals surface area contributed by atoms with E-state index in [-0.39, 0.29) is 41.3 Å². The highest BCUT2D eigenvalue weighted by atomic mass is 19.1. The number of carboxylic acid groups (broad SMARTS) is 1. The fourth-order valence-corrected chi connectivity index (χ4v) is 6.72. The number of rotatable bonds is 4. The Kier molecular flexibility index (Phi) is 8.25. The van der Waals surface area contributed by atoms with E-state index in [1.54, 1.807) is 10.9 Å². The number of nitrogens with zero attached hydrogens (tertiary/aromatic N) is 5. The Bertz CT molecular complexity index is 2170. The Labute approximate surface area is 281 Å². The molecule has 0 spiro atoms. The largest absolute Gasteiger partial charge is 0.481 e. The van der Waals surface area contributed by atoms with Crippen LogP contribution in [0.3, 0.4) is 0 Å². The fraction of sp³-hybridized carbons (Fsp3) is 0.324. The van der Waals surface area contributed by atoms with E-state index in [1.807, 2.05) is 36.5 Å². The van der Waals surface area contributed by atoms with Crippen LogP contribution in [-0.2, 0) is 28.6 Å². The van der Waals surface area contributed by atoms with Crippen molar-refractivity contribution in [3.8, 4) is 22.9 Å². The van der Waals surface area contributed by atoms with Gasteiger partial charge >= 0.3 is 5.97 Å². The lowest BCUT2D eigenvalue weighted by Gasteiger charge is -2.29. The van der Waals surface area contributed by atoms with Gasteiger partial charge in [0.2, 0.25) is 0 Å². The molecule has 6 aromatic rings. The number of benzene rings is 3. The van der Waals surface area contributed by atoms with Gasteiger partial charge in [-0.15, -0.1) is 5.10 Å². The number of fused-ring (bicyclic) bond motifs is 10. The van der Waals surface area contributed by atoms with Crippen LogP contribution >= 0.6 is 0 Å². The van der Waals surface area contributed by atoms with Gasteiger partial charge in [0.15, 0.2) is 17.4 Å². The second-order valence-electron chi connectivity index (χ2n) is 13.7. The molecule has 3 N–H and O–H groups in total. The summed E-state index contributed by atoms with van der Waals surface area (Å²) in [5.41, 5.74) is 3.00. The Hall–Kier alpha value is -5.39. The van der Waals surface area contributed by atoms with Gasteiger partial charge in [-0.2, -0.15) is 5.10 Å². The van der Waals surface area contributed by atoms with Crippen molar-refractivity contribution < 1.29 is 23.4 Å². The fourth-order valence-electron chi connectivity index (χ4n) is 6.72. The molecule has 0 saturated carbocycles. The third-order valence-electron chi connectivity index (χ3n) is 9.75. The van der Waals surface area contributed by atoms with Crippen molar-refractivity contribution in [1.29, 1.82) is 0 Å². The molecule has 252 valence electrons. The predicted molar refractivity (Wildman–Crippen MR) is 180 cm³/mol. The first kappa shape index (κ1) is 32.2. The summed E-state index contributed by atoms with van der Waals surface area (Å²) < 4.78 is 39.1. The summed E-state index contributed by atoms with van der Waals surface area (Å²) in [4.78, 5) is 19.2. The van der Waals surface area contributed by atoms with E-state index < -0.39 is 23.0 Å². The molecule has 3 aromatic carbocycles. The summed E-state index contributed by atoms with van der Waals surface area (Å²) in [5.74, 6) is -1.08. The zero-order chi connectivity index (χ0) is 34.3. The van der Waals surface area contributed by atoms with Crippen LogP contribution in [0.5, 0.6) is 11.5 Å². The van der Waals surface area contributed by atoms with Crippen LogP contribution < -0.4 is 4.74 Å². The molecule has 1 atom stereocenters. The maximum Gasteiger partial charge on any atom is 0.303 e. The highest BCUT2D eigenvalue weighted by Crippen LogP contribution is 2.40. The van der Waals surface area contributed by atoms with Gasteiger partial charge in [-0.3, -0.25) is 9.89 Å². The van der Waals surface area contributed by atoms with Crippen LogP contribution in [0, 0.1) is 11.6 Å². The number of H-pyrrole nitrogens is 2. The van der Waals surface area contributed by atoms with Crippen molar-refractivity contribution in [2.24, 2.45) is 0 Å². The summed E-state index contributed by atoms with van der Waals surface area (Å²) in [7, 11) is 0. The lowest BCUT2D eigenvalue weighted by molar-refractivity contribution is -0.136. The molecular weight excluding hydrogens is 628 g/mol. The molecule has 1 unspecified atom stereocenters. The molecular formula is C37H37F2N7O3. The highest BCUT2D eigenvalue weighted by molar-refractivity contribution is 5.85. The van der Waals surface area contributed by atoms with E-state index in [1.165, 1.54) is 24.3 Å². The number of carboxylic acids is 1. The van der Waals surface area contributed by atoms with Crippen LogP contribution in [0.2, 0.25) is 0 Å². The zero-order valence-electron chi connectivity index (χ0n) is 27.6. The van der Waals surface area contributed by atoms with Crippen molar-refractivity contribution in [3.05, 3.63) is 107 Å². The third-order valence-corrected chi connectivity index (χ3v) is 9.75. The normalized spacial score (nSPS) is 17.8. The highest BCUT2D eigenvalue weighted by Gasteiger charge is 2.34. The van der Waals surface area contributed by atoms with E-state index in [0.717, 1.165) is 41.5 Å². The van der Waals surface area contributed by atoms with Crippen molar-refractivity contribution in [3.63, 3.8) is 0 Å². The van der Waals surface area contributed by atoms with E-state index >= 15 is 8.78 Å². The van der Waals surface area contributed by atoms with E-state index in [4.69, 9.17) is 9.72 Å². The molecule has 10 nitrogen and oxygen atoms in total. The van der Waals surface area contributed by atoms with Crippen LogP contribution in [0.1, 0.15) is 81.1 Å². The van der Waals surface area contributed by atoms with Gasteiger partial charge in [0, 0.05) is 46.8 Å². The predicted octanol–water partition coefficient (Wildman–Crippen LogP) is 7.84. The maximum atomic E-state index is 15.7. The SMILES string of the molecule is CC1(C)CCCCC(C)(c2cccc(CCC(=O)O)c2)c2nc(n[nH]2)-c2cc(ccc2F)Oc2c(F)cc3[nH]ccc3c2Cn2cc1nn2. The van der Waals surface area contributed by atoms with Gasteiger partial charge in [0.05, 0.1) is 23.2 Å². The molecule has 0 amide bonds. The van der Waals surface area contributed by atoms with Crippen LogP contribution in [0.15, 0.2) is 67.0 Å². The topological polar surface area (TPSA) is 135 Å². The van der Waals surface area contributed by atoms with Crippen molar-refractivity contribution >= 4 is 16.9 Å². The molecule has 0 fully saturated rings. The number of aromatic amines is 2. The number of aryl methyl sites for hydroxylation is 1. The first-order chi connectivity index (χ1) is 23.5. The number of hydrogen-bond acceptors (Lipinski definition) is 6. The number of aliphatic carboxylic acids is 1. The Balaban J connectivity index is 1.34. The van der Waals surface area contributed by atoms with Crippen molar-refractivity contribution in [2.45, 2.75) is 76.7 Å². The smallest absolute Gasteiger partial charge is 0.303 e. The second-order valence-corrected chi connectivity index (χ2v) is 13.7. The standard InChI is InChI=1S/C37H37F2N7O3/c1-36(2)14-4-5-15-37(3,23-8-6-7-22(17-23)9-12-32(47)48)35-41-34(43-44-35)26-18-24(10-11-28(26)38)49-33-27(20-46-21-31(36)42-45-46)25-13-16-40-30(25)19-29(33)39/h6-8,10-11,13,16-19,21,40H,4-5,9,12,14-15,20H2,1-3H3,(H,47,48)(H,41,43,44). The molecule has 49 heavy (non-hydrogen) atoms. The second kappa shape index (κ2) is 12.6. The van der Waals surface area contributed by atoms with Gasteiger partial charge in [0.1, 0.15) is 17.4 Å². The third kappa shape index (κ3) is 6.30. The number of nitrogens with one attached hydrogen (secondary N) is 2. The number of hydrogen-bond donors (Lipinski definition) is 3. The van der Waals surface area contributed by atoms with Crippen molar-refractivity contribution in [1.82, 2.24) is 35.2 Å². The van der Waals surface area contributed by atoms with Gasteiger partial charge < -0.3 is 14.8 Å². The van der Waals surface area contributed by atoms with Gasteiger partial charge in [-0.25, -0.2) is 18.4 Å². The van der Waals surface area contributed by atoms with Crippen LogP contribution in [-0.4, -0.2) is 46.2 Å². The van der Waals surface area contributed by atoms with Gasteiger partial charge in [0.25, 0.3) is 0 Å². The quantitative estimate of drug-likeness (QED) is 0.175. The molecule has 6 bridgehead atoms. The summed E-state index contributed by atoms with van der Waals surface area (Å²) >= 11 is 0. The average molecular weight is 666 g/mol.